The summed E-state index contributed by atoms with van der Waals surface area (Å²) in [6.07, 6.45) is 9.04. The topological polar surface area (TPSA) is 107 Å². The average molecular weight is 497 g/mol. The third-order valence-electron chi connectivity index (χ3n) is 7.31. The molecule has 5 rings (SSSR count). The van der Waals surface area contributed by atoms with E-state index < -0.39 is 0 Å². The first kappa shape index (κ1) is 24.6. The summed E-state index contributed by atoms with van der Waals surface area (Å²) < 4.78 is 2.15. The van der Waals surface area contributed by atoms with Crippen molar-refractivity contribution >= 4 is 28.8 Å². The minimum absolute atomic E-state index is 0.177. The molecule has 2 unspecified atom stereocenters. The predicted molar refractivity (Wildman–Crippen MR) is 143 cm³/mol. The first-order valence-corrected chi connectivity index (χ1v) is 13.0. The van der Waals surface area contributed by atoms with Crippen molar-refractivity contribution in [3.05, 3.63) is 83.9 Å². The molecule has 3 heterocycles. The van der Waals surface area contributed by atoms with Gasteiger partial charge < -0.3 is 10.3 Å². The standard InChI is InChI=1S/C29H32N6O2/c1-20(17-21-11-5-4-6-12-21)24(35-19-33-25-26(30)31-18-32-27(25)35)15-7-2-3-10-16-34-28(36)22-13-8-9-14-23(22)29(34)37/h4-6,8-9,11-14,18-20,24H,2-3,7,10,15-17H2,1H3,(H2,30,31,32). The molecule has 8 heteroatoms. The van der Waals surface area contributed by atoms with Gasteiger partial charge >= 0.3 is 0 Å². The number of imidazole rings is 1. The number of unbranched alkanes of at least 4 members (excludes halogenated alkanes) is 3. The number of nitrogens with two attached hydrogens (primary N) is 1. The highest BCUT2D eigenvalue weighted by Crippen LogP contribution is 2.31. The Kier molecular flexibility index (Phi) is 7.25. The van der Waals surface area contributed by atoms with Crippen molar-refractivity contribution in [1.82, 2.24) is 24.4 Å². The fourth-order valence-electron chi connectivity index (χ4n) is 5.35. The van der Waals surface area contributed by atoms with E-state index in [0.717, 1.165) is 44.2 Å². The molecule has 190 valence electrons. The molecule has 0 saturated heterocycles. The highest BCUT2D eigenvalue weighted by Gasteiger charge is 2.34. The lowest BCUT2D eigenvalue weighted by atomic mass is 9.90. The minimum atomic E-state index is -0.177. The quantitative estimate of drug-likeness (QED) is 0.229. The van der Waals surface area contributed by atoms with Gasteiger partial charge in [-0.1, -0.05) is 68.7 Å². The van der Waals surface area contributed by atoms with E-state index in [0.29, 0.717) is 34.9 Å². The second kappa shape index (κ2) is 10.9. The van der Waals surface area contributed by atoms with Crippen LogP contribution in [0.1, 0.15) is 71.3 Å². The molecule has 0 saturated carbocycles. The Labute approximate surface area is 216 Å². The molecule has 4 aromatic rings. The van der Waals surface area contributed by atoms with E-state index in [1.807, 2.05) is 12.4 Å². The Morgan fingerprint density at radius 1 is 0.838 bits per heavy atom. The van der Waals surface area contributed by atoms with Gasteiger partial charge in [-0.25, -0.2) is 15.0 Å². The Hall–Kier alpha value is -4.07. The van der Waals surface area contributed by atoms with Crippen molar-refractivity contribution in [3.63, 3.8) is 0 Å². The number of amides is 2. The summed E-state index contributed by atoms with van der Waals surface area (Å²) in [7, 11) is 0. The number of carbonyl (C=O) groups excluding carboxylic acids is 2. The predicted octanol–water partition coefficient (Wildman–Crippen LogP) is 5.08. The highest BCUT2D eigenvalue weighted by atomic mass is 16.2. The van der Waals surface area contributed by atoms with Crippen LogP contribution in [0.25, 0.3) is 11.2 Å². The minimum Gasteiger partial charge on any atom is -0.382 e. The number of rotatable bonds is 11. The Balaban J connectivity index is 1.20. The molecule has 0 aliphatic carbocycles. The molecule has 2 atom stereocenters. The van der Waals surface area contributed by atoms with E-state index in [4.69, 9.17) is 5.73 Å². The van der Waals surface area contributed by atoms with E-state index >= 15 is 0 Å². The van der Waals surface area contributed by atoms with Gasteiger partial charge in [0.2, 0.25) is 0 Å². The first-order chi connectivity index (χ1) is 18.0. The SMILES string of the molecule is CC(Cc1ccccc1)C(CCCCCCN1C(=O)c2ccccc2C1=O)n1cnc2c(N)ncnc21. The Morgan fingerprint density at radius 3 is 2.24 bits per heavy atom. The normalized spacial score (nSPS) is 14.8. The number of anilines is 1. The molecule has 0 bridgehead atoms. The lowest BCUT2D eigenvalue weighted by Gasteiger charge is -2.26. The second-order valence-electron chi connectivity index (χ2n) is 9.83. The van der Waals surface area contributed by atoms with Gasteiger partial charge in [-0.2, -0.15) is 0 Å². The number of nitrogens with zero attached hydrogens (tertiary/aromatic N) is 5. The Bertz CT molecular complexity index is 1370. The van der Waals surface area contributed by atoms with Crippen LogP contribution < -0.4 is 5.73 Å². The maximum atomic E-state index is 12.6. The van der Waals surface area contributed by atoms with Crippen LogP contribution in [0.3, 0.4) is 0 Å². The monoisotopic (exact) mass is 496 g/mol. The molecule has 2 aromatic heterocycles. The molecular formula is C29H32N6O2. The summed E-state index contributed by atoms with van der Waals surface area (Å²) in [4.78, 5) is 39.6. The van der Waals surface area contributed by atoms with Gasteiger partial charge in [-0.05, 0) is 42.9 Å². The van der Waals surface area contributed by atoms with Crippen molar-refractivity contribution < 1.29 is 9.59 Å². The van der Waals surface area contributed by atoms with Gasteiger partial charge in [0.15, 0.2) is 11.5 Å². The molecule has 1 aliphatic heterocycles. The number of benzene rings is 2. The molecule has 0 fully saturated rings. The summed E-state index contributed by atoms with van der Waals surface area (Å²) in [5.74, 6) is 0.396. The van der Waals surface area contributed by atoms with Gasteiger partial charge in [0.05, 0.1) is 17.5 Å². The number of imide groups is 1. The third-order valence-corrected chi connectivity index (χ3v) is 7.31. The molecule has 0 spiro atoms. The van der Waals surface area contributed by atoms with Crippen LogP contribution in [0.5, 0.6) is 0 Å². The number of nitrogen functional groups attached to an aromatic ring is 1. The maximum absolute atomic E-state index is 12.6. The van der Waals surface area contributed by atoms with Gasteiger partial charge in [-0.15, -0.1) is 0 Å². The highest BCUT2D eigenvalue weighted by molar-refractivity contribution is 6.21. The molecule has 2 aromatic carbocycles. The molecular weight excluding hydrogens is 464 g/mol. The van der Waals surface area contributed by atoms with E-state index in [2.05, 4.69) is 50.7 Å². The second-order valence-corrected chi connectivity index (χ2v) is 9.83. The van der Waals surface area contributed by atoms with Crippen molar-refractivity contribution in [2.24, 2.45) is 5.92 Å². The van der Waals surface area contributed by atoms with Crippen LogP contribution >= 0.6 is 0 Å². The van der Waals surface area contributed by atoms with E-state index in [-0.39, 0.29) is 17.9 Å². The summed E-state index contributed by atoms with van der Waals surface area (Å²) >= 11 is 0. The molecule has 0 radical (unpaired) electrons. The largest absolute Gasteiger partial charge is 0.382 e. The fourth-order valence-corrected chi connectivity index (χ4v) is 5.35. The van der Waals surface area contributed by atoms with Crippen LogP contribution in [0.2, 0.25) is 0 Å². The van der Waals surface area contributed by atoms with Crippen molar-refractivity contribution in [2.75, 3.05) is 12.3 Å². The van der Waals surface area contributed by atoms with E-state index in [1.54, 1.807) is 24.3 Å². The molecule has 8 nitrogen and oxygen atoms in total. The molecule has 37 heavy (non-hydrogen) atoms. The number of hydrogen-bond acceptors (Lipinski definition) is 6. The van der Waals surface area contributed by atoms with Crippen LogP contribution in [-0.2, 0) is 6.42 Å². The van der Waals surface area contributed by atoms with E-state index in [1.165, 1.54) is 16.8 Å². The van der Waals surface area contributed by atoms with Gasteiger partial charge in [-0.3, -0.25) is 14.5 Å². The van der Waals surface area contributed by atoms with Gasteiger partial charge in [0, 0.05) is 12.6 Å². The summed E-state index contributed by atoms with van der Waals surface area (Å²) in [6, 6.07) is 17.8. The Morgan fingerprint density at radius 2 is 1.51 bits per heavy atom. The van der Waals surface area contributed by atoms with Crippen molar-refractivity contribution in [1.29, 1.82) is 0 Å². The van der Waals surface area contributed by atoms with Crippen LogP contribution in [0, 0.1) is 5.92 Å². The smallest absolute Gasteiger partial charge is 0.261 e. The fraction of sp³-hybridized carbons (Fsp3) is 0.345. The number of hydrogen-bond donors (Lipinski definition) is 1. The lowest BCUT2D eigenvalue weighted by Crippen LogP contribution is -2.30. The summed E-state index contributed by atoms with van der Waals surface area (Å²) in [5, 5.41) is 0. The van der Waals surface area contributed by atoms with Crippen LogP contribution in [-0.4, -0.2) is 42.8 Å². The first-order valence-electron chi connectivity index (χ1n) is 13.0. The average Bonchev–Trinajstić information content (AvgIpc) is 3.44. The zero-order valence-corrected chi connectivity index (χ0v) is 21.1. The van der Waals surface area contributed by atoms with Crippen molar-refractivity contribution in [2.45, 2.75) is 51.5 Å². The summed E-state index contributed by atoms with van der Waals surface area (Å²) in [6.45, 7) is 2.73. The number of aromatic nitrogens is 4. The maximum Gasteiger partial charge on any atom is 0.261 e. The van der Waals surface area contributed by atoms with Crippen LogP contribution in [0.15, 0.2) is 67.3 Å². The van der Waals surface area contributed by atoms with Crippen LogP contribution in [0.4, 0.5) is 5.82 Å². The molecule has 1 aliphatic rings. The van der Waals surface area contributed by atoms with Crippen molar-refractivity contribution in [3.8, 4) is 0 Å². The third kappa shape index (κ3) is 5.09. The van der Waals surface area contributed by atoms with Gasteiger partial charge in [0.1, 0.15) is 11.8 Å². The number of carbonyl (C=O) groups is 2. The zero-order valence-electron chi connectivity index (χ0n) is 21.1. The molecule has 2 amide bonds. The number of fused-ring (bicyclic) bond motifs is 2. The lowest BCUT2D eigenvalue weighted by molar-refractivity contribution is 0.0651. The zero-order chi connectivity index (χ0) is 25.8. The molecule has 2 N–H and O–H groups in total. The van der Waals surface area contributed by atoms with E-state index in [9.17, 15) is 9.59 Å². The van der Waals surface area contributed by atoms with Gasteiger partial charge in [0.25, 0.3) is 11.8 Å². The summed E-state index contributed by atoms with van der Waals surface area (Å²) in [5.41, 5.74) is 9.78.